The van der Waals surface area contributed by atoms with E-state index in [9.17, 15) is 22.8 Å². The van der Waals surface area contributed by atoms with Gasteiger partial charge >= 0.3 is 12.1 Å². The monoisotopic (exact) mass is 490 g/mol. The van der Waals surface area contributed by atoms with Gasteiger partial charge in [0.15, 0.2) is 0 Å². The average Bonchev–Trinajstić information content (AvgIpc) is 3.60. The van der Waals surface area contributed by atoms with Crippen molar-refractivity contribution < 1.29 is 27.9 Å². The van der Waals surface area contributed by atoms with Gasteiger partial charge < -0.3 is 10.4 Å². The molecule has 190 valence electrons. The molecular formula is C27H33F3N2O3. The minimum atomic E-state index is -4.37. The van der Waals surface area contributed by atoms with Crippen LogP contribution in [0, 0.1) is 5.41 Å². The number of carboxylic acids is 1. The van der Waals surface area contributed by atoms with Crippen LogP contribution in [0.2, 0.25) is 0 Å². The van der Waals surface area contributed by atoms with E-state index >= 15 is 0 Å². The molecule has 1 amide bonds. The van der Waals surface area contributed by atoms with Gasteiger partial charge in [0.25, 0.3) is 0 Å². The second kappa shape index (κ2) is 10.8. The van der Waals surface area contributed by atoms with Crippen molar-refractivity contribution in [1.82, 2.24) is 10.2 Å². The number of likely N-dealkylation sites (tertiary alicyclic amines) is 1. The van der Waals surface area contributed by atoms with E-state index in [1.165, 1.54) is 24.3 Å². The molecule has 2 atom stereocenters. The Morgan fingerprint density at radius 3 is 2.17 bits per heavy atom. The molecule has 0 aromatic heterocycles. The summed E-state index contributed by atoms with van der Waals surface area (Å²) in [5, 5.41) is 12.1. The van der Waals surface area contributed by atoms with Crippen LogP contribution in [0.15, 0.2) is 48.5 Å². The fourth-order valence-electron chi connectivity index (χ4n) is 4.60. The maximum absolute atomic E-state index is 13.3. The highest BCUT2D eigenvalue weighted by Crippen LogP contribution is 2.55. The number of aromatic carboxylic acids is 1. The minimum Gasteiger partial charge on any atom is -0.478 e. The summed E-state index contributed by atoms with van der Waals surface area (Å²) in [6, 6.07) is 10.9. The van der Waals surface area contributed by atoms with Gasteiger partial charge in [-0.1, -0.05) is 38.1 Å². The summed E-state index contributed by atoms with van der Waals surface area (Å²) in [6.45, 7) is 6.98. The summed E-state index contributed by atoms with van der Waals surface area (Å²) in [5.41, 5.74) is 1.26. The lowest BCUT2D eigenvalue weighted by Crippen LogP contribution is -2.51. The summed E-state index contributed by atoms with van der Waals surface area (Å²) < 4.78 is 38.6. The van der Waals surface area contributed by atoms with Gasteiger partial charge in [0, 0.05) is 6.54 Å². The second-order valence-electron chi connectivity index (χ2n) is 9.29. The summed E-state index contributed by atoms with van der Waals surface area (Å²) in [7, 11) is 0. The lowest BCUT2D eigenvalue weighted by atomic mass is 9.87. The molecular weight excluding hydrogens is 457 g/mol. The van der Waals surface area contributed by atoms with Crippen molar-refractivity contribution >= 4 is 11.9 Å². The molecule has 2 fully saturated rings. The number of nitrogens with one attached hydrogen (secondary N) is 1. The first-order valence-electron chi connectivity index (χ1n) is 12.1. The van der Waals surface area contributed by atoms with Crippen LogP contribution in [-0.4, -0.2) is 34.5 Å². The van der Waals surface area contributed by atoms with Crippen molar-refractivity contribution in [3.63, 3.8) is 0 Å². The van der Waals surface area contributed by atoms with Crippen LogP contribution in [-0.2, 0) is 17.5 Å². The third-order valence-corrected chi connectivity index (χ3v) is 6.94. The largest absolute Gasteiger partial charge is 0.478 e. The maximum Gasteiger partial charge on any atom is 0.416 e. The van der Waals surface area contributed by atoms with Gasteiger partial charge in [-0.2, -0.15) is 13.2 Å². The molecule has 5 nitrogen and oxygen atoms in total. The Morgan fingerprint density at radius 1 is 1.06 bits per heavy atom. The van der Waals surface area contributed by atoms with E-state index in [1.54, 1.807) is 12.1 Å². The van der Waals surface area contributed by atoms with Crippen molar-refractivity contribution in [3.8, 4) is 0 Å². The zero-order chi connectivity index (χ0) is 25.8. The standard InChI is InChI=1S/C25H27F3N2O3.C2H6/c1-16(18-4-6-19(7-5-18)23(32)33)29-22(31)21-14-24(10-11-24)12-13-30(21)15-17-2-8-20(9-3-17)25(26,27)28;1-2/h2-9,16,21H,10-15H2,1H3,(H,29,31)(H,32,33);1-2H3. The molecule has 2 aromatic rings. The number of halogens is 3. The van der Waals surface area contributed by atoms with Gasteiger partial charge in [-0.25, -0.2) is 4.79 Å². The second-order valence-corrected chi connectivity index (χ2v) is 9.29. The topological polar surface area (TPSA) is 69.6 Å². The predicted molar refractivity (Wildman–Crippen MR) is 128 cm³/mol. The molecule has 1 saturated heterocycles. The first kappa shape index (κ1) is 26.7. The molecule has 35 heavy (non-hydrogen) atoms. The van der Waals surface area contributed by atoms with Gasteiger partial charge in [0.1, 0.15) is 0 Å². The van der Waals surface area contributed by atoms with Gasteiger partial charge in [-0.05, 0) is 80.0 Å². The zero-order valence-corrected chi connectivity index (χ0v) is 20.4. The van der Waals surface area contributed by atoms with Crippen molar-refractivity contribution in [1.29, 1.82) is 0 Å². The fourth-order valence-corrected chi connectivity index (χ4v) is 4.60. The van der Waals surface area contributed by atoms with Crippen LogP contribution in [0.25, 0.3) is 0 Å². The van der Waals surface area contributed by atoms with Crippen molar-refractivity contribution in [3.05, 3.63) is 70.8 Å². The minimum absolute atomic E-state index is 0.109. The van der Waals surface area contributed by atoms with E-state index in [0.717, 1.165) is 55.5 Å². The molecule has 2 N–H and O–H groups in total. The van der Waals surface area contributed by atoms with Gasteiger partial charge in [0.2, 0.25) is 5.91 Å². The molecule has 4 rings (SSSR count). The van der Waals surface area contributed by atoms with Crippen LogP contribution in [0.5, 0.6) is 0 Å². The average molecular weight is 491 g/mol. The molecule has 0 radical (unpaired) electrons. The number of hydrogen-bond donors (Lipinski definition) is 2. The van der Waals surface area contributed by atoms with Crippen molar-refractivity contribution in [2.24, 2.45) is 5.41 Å². The molecule has 1 heterocycles. The number of piperidine rings is 1. The van der Waals surface area contributed by atoms with Crippen LogP contribution < -0.4 is 5.32 Å². The predicted octanol–water partition coefficient (Wildman–Crippen LogP) is 6.05. The third-order valence-electron chi connectivity index (χ3n) is 6.94. The number of benzene rings is 2. The molecule has 1 saturated carbocycles. The Morgan fingerprint density at radius 2 is 1.66 bits per heavy atom. The number of carbonyl (C=O) groups is 2. The highest BCUT2D eigenvalue weighted by atomic mass is 19.4. The quantitative estimate of drug-likeness (QED) is 0.517. The first-order chi connectivity index (χ1) is 16.6. The van der Waals surface area contributed by atoms with E-state index in [1.807, 2.05) is 20.8 Å². The molecule has 2 aliphatic rings. The lowest BCUT2D eigenvalue weighted by Gasteiger charge is -2.39. The number of hydrogen-bond acceptors (Lipinski definition) is 3. The number of carboxylic acid groups (broad SMARTS) is 1. The first-order valence-corrected chi connectivity index (χ1v) is 12.1. The molecule has 2 aromatic carbocycles. The number of amides is 1. The highest BCUT2D eigenvalue weighted by molar-refractivity contribution is 5.87. The molecule has 2 unspecified atom stereocenters. The SMILES string of the molecule is CC.CC(NC(=O)C1CC2(CCN1Cc1ccc(C(F)(F)F)cc1)CC2)c1ccc(C(=O)O)cc1. The van der Waals surface area contributed by atoms with Gasteiger partial charge in [-0.15, -0.1) is 0 Å². The number of rotatable bonds is 6. The van der Waals surface area contributed by atoms with Crippen LogP contribution in [0.3, 0.4) is 0 Å². The van der Waals surface area contributed by atoms with E-state index in [-0.39, 0.29) is 29.0 Å². The zero-order valence-electron chi connectivity index (χ0n) is 20.4. The molecule has 1 aliphatic heterocycles. The van der Waals surface area contributed by atoms with E-state index < -0.39 is 17.7 Å². The third kappa shape index (κ3) is 6.63. The van der Waals surface area contributed by atoms with E-state index in [4.69, 9.17) is 5.11 Å². The fraction of sp³-hybridized carbons (Fsp3) is 0.481. The smallest absolute Gasteiger partial charge is 0.416 e. The van der Waals surface area contributed by atoms with Gasteiger partial charge in [0.05, 0.1) is 23.2 Å². The summed E-state index contributed by atoms with van der Waals surface area (Å²) in [6.07, 6.45) is -0.425. The Kier molecular flexibility index (Phi) is 8.26. The Hall–Kier alpha value is -2.87. The summed E-state index contributed by atoms with van der Waals surface area (Å²) >= 11 is 0. The molecule has 8 heteroatoms. The van der Waals surface area contributed by atoms with E-state index in [2.05, 4.69) is 10.2 Å². The molecule has 1 spiro atoms. The highest BCUT2D eigenvalue weighted by Gasteiger charge is 2.49. The van der Waals surface area contributed by atoms with E-state index in [0.29, 0.717) is 6.54 Å². The Bertz CT molecular complexity index is 1020. The Balaban J connectivity index is 0.00000167. The number of alkyl halides is 3. The van der Waals surface area contributed by atoms with Crippen molar-refractivity contribution in [2.75, 3.05) is 6.54 Å². The summed E-state index contributed by atoms with van der Waals surface area (Å²) in [5.74, 6) is -1.11. The van der Waals surface area contributed by atoms with Crippen molar-refractivity contribution in [2.45, 2.75) is 71.3 Å². The normalized spacial score (nSPS) is 19.9. The van der Waals surface area contributed by atoms with Gasteiger partial charge in [-0.3, -0.25) is 9.69 Å². The molecule has 1 aliphatic carbocycles. The number of carbonyl (C=O) groups excluding carboxylic acids is 1. The van der Waals surface area contributed by atoms with Crippen LogP contribution >= 0.6 is 0 Å². The maximum atomic E-state index is 13.3. The summed E-state index contributed by atoms with van der Waals surface area (Å²) in [4.78, 5) is 26.4. The number of nitrogens with zero attached hydrogens (tertiary/aromatic N) is 1. The Labute approximate surface area is 204 Å². The molecule has 0 bridgehead atoms. The van der Waals surface area contributed by atoms with Crippen LogP contribution in [0.1, 0.15) is 79.5 Å². The lowest BCUT2D eigenvalue weighted by molar-refractivity contribution is -0.137. The van der Waals surface area contributed by atoms with Crippen LogP contribution in [0.4, 0.5) is 13.2 Å².